The Morgan fingerprint density at radius 3 is 3.14 bits per heavy atom. The molecule has 7 nitrogen and oxygen atoms in total. The van der Waals surface area contributed by atoms with Gasteiger partial charge in [0.05, 0.1) is 23.0 Å². The number of nitrogens with one attached hydrogen (secondary N) is 2. The summed E-state index contributed by atoms with van der Waals surface area (Å²) < 4.78 is 1.74. The van der Waals surface area contributed by atoms with Gasteiger partial charge in [-0.3, -0.25) is 9.20 Å². The summed E-state index contributed by atoms with van der Waals surface area (Å²) in [7, 11) is 0. The van der Waals surface area contributed by atoms with Crippen LogP contribution in [0.5, 0.6) is 0 Å². The molecule has 0 aliphatic rings. The third kappa shape index (κ3) is 2.00. The fourth-order valence-corrected chi connectivity index (χ4v) is 2.18. The van der Waals surface area contributed by atoms with Crippen molar-refractivity contribution in [3.63, 3.8) is 0 Å². The zero-order valence-electron chi connectivity index (χ0n) is 10.8. The van der Waals surface area contributed by atoms with Gasteiger partial charge in [0, 0.05) is 11.8 Å². The third-order valence-corrected chi connectivity index (χ3v) is 3.23. The number of amides is 1. The summed E-state index contributed by atoms with van der Waals surface area (Å²) in [5, 5.41) is 10.6. The number of fused-ring (bicyclic) bond motifs is 2. The molecule has 0 radical (unpaired) electrons. The Labute approximate surface area is 118 Å². The number of aromatic amines is 1. The fraction of sp³-hybridized carbons (Fsp3) is 0. The normalized spacial score (nSPS) is 11.0. The van der Waals surface area contributed by atoms with Crippen molar-refractivity contribution in [1.29, 1.82) is 0 Å². The van der Waals surface area contributed by atoms with Crippen LogP contribution in [0.1, 0.15) is 10.4 Å². The molecule has 0 spiro atoms. The van der Waals surface area contributed by atoms with E-state index in [4.69, 9.17) is 0 Å². The summed E-state index contributed by atoms with van der Waals surface area (Å²) in [6, 6.07) is 8.91. The van der Waals surface area contributed by atoms with Crippen LogP contribution in [0.25, 0.3) is 16.7 Å². The topological polar surface area (TPSA) is 88.0 Å². The van der Waals surface area contributed by atoms with Crippen LogP contribution in [-0.2, 0) is 0 Å². The van der Waals surface area contributed by atoms with Crippen LogP contribution in [0, 0.1) is 0 Å². The lowest BCUT2D eigenvalue weighted by molar-refractivity contribution is 0.102. The lowest BCUT2D eigenvalue weighted by atomic mass is 10.2. The lowest BCUT2D eigenvalue weighted by Crippen LogP contribution is -2.12. The number of nitrogens with zero attached hydrogens (tertiary/aromatic N) is 4. The Morgan fingerprint density at radius 1 is 1.24 bits per heavy atom. The van der Waals surface area contributed by atoms with Gasteiger partial charge in [-0.25, -0.2) is 4.98 Å². The van der Waals surface area contributed by atoms with Gasteiger partial charge in [-0.15, -0.1) is 10.2 Å². The highest BCUT2D eigenvalue weighted by Crippen LogP contribution is 2.14. The maximum atomic E-state index is 12.3. The summed E-state index contributed by atoms with van der Waals surface area (Å²) in [6.45, 7) is 0. The summed E-state index contributed by atoms with van der Waals surface area (Å²) >= 11 is 0. The first-order valence-electron chi connectivity index (χ1n) is 6.33. The van der Waals surface area contributed by atoms with Crippen molar-refractivity contribution < 1.29 is 4.79 Å². The lowest BCUT2D eigenvalue weighted by Gasteiger charge is -2.05. The van der Waals surface area contributed by atoms with E-state index < -0.39 is 0 Å². The Hall–Kier alpha value is -3.22. The molecule has 7 heteroatoms. The van der Waals surface area contributed by atoms with Gasteiger partial charge in [-0.1, -0.05) is 0 Å². The number of hydrogen-bond acceptors (Lipinski definition) is 4. The van der Waals surface area contributed by atoms with Crippen LogP contribution in [-0.4, -0.2) is 30.5 Å². The van der Waals surface area contributed by atoms with Crippen molar-refractivity contribution in [1.82, 2.24) is 24.6 Å². The molecule has 3 heterocycles. The van der Waals surface area contributed by atoms with E-state index in [1.807, 2.05) is 6.07 Å². The number of anilines is 1. The van der Waals surface area contributed by atoms with E-state index >= 15 is 0 Å². The highest BCUT2D eigenvalue weighted by molar-refractivity contribution is 6.05. The fourth-order valence-electron chi connectivity index (χ4n) is 2.18. The number of hydrogen-bond donors (Lipinski definition) is 2. The SMILES string of the molecule is O=C(Nc1ccc2nncn2c1)c1ccc2nc[nH]c2c1. The summed E-state index contributed by atoms with van der Waals surface area (Å²) in [6.07, 6.45) is 4.95. The molecule has 102 valence electrons. The molecule has 3 aromatic heterocycles. The van der Waals surface area contributed by atoms with Crippen LogP contribution in [0.3, 0.4) is 0 Å². The van der Waals surface area contributed by atoms with E-state index in [-0.39, 0.29) is 5.91 Å². The second kappa shape index (κ2) is 4.41. The number of carbonyl (C=O) groups excluding carboxylic acids is 1. The van der Waals surface area contributed by atoms with E-state index in [2.05, 4.69) is 25.5 Å². The molecule has 0 aliphatic heterocycles. The summed E-state index contributed by atoms with van der Waals surface area (Å²) in [5.41, 5.74) is 3.63. The van der Waals surface area contributed by atoms with Crippen LogP contribution in [0.15, 0.2) is 49.2 Å². The molecule has 0 atom stereocenters. The molecule has 2 N–H and O–H groups in total. The summed E-state index contributed by atoms with van der Waals surface area (Å²) in [4.78, 5) is 19.4. The van der Waals surface area contributed by atoms with Gasteiger partial charge >= 0.3 is 0 Å². The predicted octanol–water partition coefficient (Wildman–Crippen LogP) is 1.86. The number of pyridine rings is 1. The minimum atomic E-state index is -0.182. The minimum Gasteiger partial charge on any atom is -0.345 e. The van der Waals surface area contributed by atoms with Crippen molar-refractivity contribution in [3.05, 3.63) is 54.7 Å². The Kier molecular flexibility index (Phi) is 2.43. The average molecular weight is 278 g/mol. The van der Waals surface area contributed by atoms with Crippen molar-refractivity contribution >= 4 is 28.3 Å². The van der Waals surface area contributed by atoms with Gasteiger partial charge < -0.3 is 10.3 Å². The predicted molar refractivity (Wildman–Crippen MR) is 77.0 cm³/mol. The molecule has 0 fully saturated rings. The molecule has 0 saturated heterocycles. The number of H-pyrrole nitrogens is 1. The monoisotopic (exact) mass is 278 g/mol. The van der Waals surface area contributed by atoms with Gasteiger partial charge in [-0.2, -0.15) is 0 Å². The van der Waals surface area contributed by atoms with Gasteiger partial charge in [0.1, 0.15) is 6.33 Å². The van der Waals surface area contributed by atoms with E-state index in [0.717, 1.165) is 16.7 Å². The van der Waals surface area contributed by atoms with Crippen LogP contribution in [0.2, 0.25) is 0 Å². The van der Waals surface area contributed by atoms with Crippen LogP contribution >= 0.6 is 0 Å². The highest BCUT2D eigenvalue weighted by atomic mass is 16.1. The van der Waals surface area contributed by atoms with E-state index in [9.17, 15) is 4.79 Å². The molecule has 4 rings (SSSR count). The molecule has 21 heavy (non-hydrogen) atoms. The molecule has 0 saturated carbocycles. The van der Waals surface area contributed by atoms with Crippen molar-refractivity contribution in [3.8, 4) is 0 Å². The molecule has 1 aromatic carbocycles. The largest absolute Gasteiger partial charge is 0.345 e. The van der Waals surface area contributed by atoms with Crippen molar-refractivity contribution in [2.75, 3.05) is 5.32 Å². The average Bonchev–Trinajstić information content (AvgIpc) is 3.14. The number of aromatic nitrogens is 5. The van der Waals surface area contributed by atoms with Gasteiger partial charge in [-0.05, 0) is 30.3 Å². The molecule has 0 bridgehead atoms. The first-order valence-corrected chi connectivity index (χ1v) is 6.33. The van der Waals surface area contributed by atoms with E-state index in [0.29, 0.717) is 11.3 Å². The zero-order chi connectivity index (χ0) is 14.2. The number of carbonyl (C=O) groups is 1. The Bertz CT molecular complexity index is 954. The standard InChI is InChI=1S/C14H10N6O/c21-14(9-1-3-11-12(5-9)16-7-15-11)18-10-2-4-13-19-17-8-20(13)6-10/h1-8H,(H,15,16)(H,18,21). The number of benzene rings is 1. The Balaban J connectivity index is 1.64. The van der Waals surface area contributed by atoms with E-state index in [1.54, 1.807) is 47.5 Å². The number of imidazole rings is 1. The maximum absolute atomic E-state index is 12.3. The van der Waals surface area contributed by atoms with Crippen LogP contribution < -0.4 is 5.32 Å². The Morgan fingerprint density at radius 2 is 2.19 bits per heavy atom. The first kappa shape index (κ1) is 11.6. The maximum Gasteiger partial charge on any atom is 0.255 e. The minimum absolute atomic E-state index is 0.182. The van der Waals surface area contributed by atoms with Gasteiger partial charge in [0.25, 0.3) is 5.91 Å². The second-order valence-electron chi connectivity index (χ2n) is 4.60. The molecular weight excluding hydrogens is 268 g/mol. The smallest absolute Gasteiger partial charge is 0.255 e. The quantitative estimate of drug-likeness (QED) is 0.585. The van der Waals surface area contributed by atoms with Crippen molar-refractivity contribution in [2.45, 2.75) is 0 Å². The third-order valence-electron chi connectivity index (χ3n) is 3.23. The van der Waals surface area contributed by atoms with Gasteiger partial charge in [0.2, 0.25) is 0 Å². The van der Waals surface area contributed by atoms with Crippen LogP contribution in [0.4, 0.5) is 5.69 Å². The highest BCUT2D eigenvalue weighted by Gasteiger charge is 2.08. The van der Waals surface area contributed by atoms with Gasteiger partial charge in [0.15, 0.2) is 5.65 Å². The second-order valence-corrected chi connectivity index (χ2v) is 4.60. The van der Waals surface area contributed by atoms with Crippen molar-refractivity contribution in [2.24, 2.45) is 0 Å². The first-order chi connectivity index (χ1) is 10.3. The zero-order valence-corrected chi connectivity index (χ0v) is 10.8. The van der Waals surface area contributed by atoms with E-state index in [1.165, 1.54) is 0 Å². The molecule has 4 aromatic rings. The molecule has 0 unspecified atom stereocenters. The molecular formula is C14H10N6O. The number of rotatable bonds is 2. The summed E-state index contributed by atoms with van der Waals surface area (Å²) in [5.74, 6) is -0.182. The molecule has 1 amide bonds. The molecule has 0 aliphatic carbocycles.